The van der Waals surface area contributed by atoms with E-state index in [9.17, 15) is 4.79 Å². The summed E-state index contributed by atoms with van der Waals surface area (Å²) in [6, 6.07) is 20.7. The Morgan fingerprint density at radius 3 is 2.44 bits per heavy atom. The van der Waals surface area contributed by atoms with Crippen LogP contribution >= 0.6 is 0 Å². The monoisotopic (exact) mass is 436 g/mol. The summed E-state index contributed by atoms with van der Waals surface area (Å²) in [5.41, 5.74) is 2.42. The predicted octanol–water partition coefficient (Wildman–Crippen LogP) is 4.81. The van der Waals surface area contributed by atoms with Crippen LogP contribution in [0.15, 0.2) is 60.7 Å². The molecule has 4 rings (SSSR count). The number of likely N-dealkylation sites (tertiary alicyclic amines) is 1. The van der Waals surface area contributed by atoms with Crippen molar-refractivity contribution in [3.8, 4) is 0 Å². The number of nitrogens with one attached hydrogen (secondary N) is 1. The molecule has 2 aliphatic rings. The number of hydrogen-bond donors (Lipinski definition) is 1. The molecule has 1 N–H and O–H groups in total. The molecule has 0 bridgehead atoms. The SMILES string of the molecule is O=C(NCCc1ccccc1)N1CCC2(CC1)CC(CCOCc1ccccc1)CCO2. The third-order valence-corrected chi connectivity index (χ3v) is 6.87. The fourth-order valence-corrected chi connectivity index (χ4v) is 4.93. The van der Waals surface area contributed by atoms with E-state index in [1.165, 1.54) is 11.1 Å². The highest BCUT2D eigenvalue weighted by Gasteiger charge is 2.40. The summed E-state index contributed by atoms with van der Waals surface area (Å²) in [5, 5.41) is 3.08. The van der Waals surface area contributed by atoms with E-state index < -0.39 is 0 Å². The third kappa shape index (κ3) is 6.57. The molecule has 2 aromatic carbocycles. The molecule has 2 aromatic rings. The van der Waals surface area contributed by atoms with Gasteiger partial charge in [0.15, 0.2) is 0 Å². The maximum Gasteiger partial charge on any atom is 0.317 e. The molecule has 2 heterocycles. The number of benzene rings is 2. The first-order chi connectivity index (χ1) is 15.7. The molecule has 0 saturated carbocycles. The van der Waals surface area contributed by atoms with Crippen molar-refractivity contribution in [2.24, 2.45) is 5.92 Å². The largest absolute Gasteiger partial charge is 0.377 e. The fourth-order valence-electron chi connectivity index (χ4n) is 4.93. The molecule has 32 heavy (non-hydrogen) atoms. The summed E-state index contributed by atoms with van der Waals surface area (Å²) in [6.45, 7) is 4.52. The predicted molar refractivity (Wildman–Crippen MR) is 126 cm³/mol. The Morgan fingerprint density at radius 2 is 1.72 bits per heavy atom. The van der Waals surface area contributed by atoms with Crippen molar-refractivity contribution in [2.75, 3.05) is 32.8 Å². The number of rotatable bonds is 8. The Morgan fingerprint density at radius 1 is 1.03 bits per heavy atom. The van der Waals surface area contributed by atoms with Gasteiger partial charge in [-0.05, 0) is 55.6 Å². The number of ether oxygens (including phenoxy) is 2. The summed E-state index contributed by atoms with van der Waals surface area (Å²) in [6.07, 6.45) is 6.01. The molecule has 1 atom stereocenters. The van der Waals surface area contributed by atoms with Gasteiger partial charge in [-0.1, -0.05) is 60.7 Å². The molecular weight excluding hydrogens is 400 g/mol. The lowest BCUT2D eigenvalue weighted by Gasteiger charge is -2.46. The number of piperidine rings is 1. The first-order valence-electron chi connectivity index (χ1n) is 12.0. The lowest BCUT2D eigenvalue weighted by Crippen LogP contribution is -2.53. The van der Waals surface area contributed by atoms with Gasteiger partial charge in [0.05, 0.1) is 12.2 Å². The molecule has 0 aromatic heterocycles. The van der Waals surface area contributed by atoms with Crippen molar-refractivity contribution in [3.63, 3.8) is 0 Å². The zero-order valence-corrected chi connectivity index (χ0v) is 19.0. The molecule has 1 unspecified atom stereocenters. The van der Waals surface area contributed by atoms with Crippen LogP contribution in [0.3, 0.4) is 0 Å². The number of nitrogens with zero attached hydrogens (tertiary/aromatic N) is 1. The molecule has 5 nitrogen and oxygen atoms in total. The van der Waals surface area contributed by atoms with Crippen molar-refractivity contribution >= 4 is 6.03 Å². The number of amides is 2. The van der Waals surface area contributed by atoms with Crippen molar-refractivity contribution in [1.29, 1.82) is 0 Å². The van der Waals surface area contributed by atoms with Gasteiger partial charge in [-0.3, -0.25) is 0 Å². The minimum Gasteiger partial charge on any atom is -0.377 e. The van der Waals surface area contributed by atoms with E-state index in [0.29, 0.717) is 19.1 Å². The zero-order chi connectivity index (χ0) is 22.1. The number of carbonyl (C=O) groups is 1. The van der Waals surface area contributed by atoms with Crippen LogP contribution in [0, 0.1) is 5.92 Å². The number of hydrogen-bond acceptors (Lipinski definition) is 3. The highest BCUT2D eigenvalue weighted by atomic mass is 16.5. The van der Waals surface area contributed by atoms with Crippen LogP contribution in [0.2, 0.25) is 0 Å². The highest BCUT2D eigenvalue weighted by molar-refractivity contribution is 5.74. The Bertz CT molecular complexity index is 819. The van der Waals surface area contributed by atoms with E-state index in [0.717, 1.165) is 64.8 Å². The zero-order valence-electron chi connectivity index (χ0n) is 19.0. The molecule has 2 amide bonds. The average Bonchev–Trinajstić information content (AvgIpc) is 2.84. The summed E-state index contributed by atoms with van der Waals surface area (Å²) < 4.78 is 12.2. The lowest BCUT2D eigenvalue weighted by atomic mass is 9.78. The molecule has 0 radical (unpaired) electrons. The molecular formula is C27H36N2O3. The van der Waals surface area contributed by atoms with Gasteiger partial charge in [0, 0.05) is 32.8 Å². The molecule has 5 heteroatoms. The summed E-state index contributed by atoms with van der Waals surface area (Å²) in [5.74, 6) is 0.644. The van der Waals surface area contributed by atoms with Gasteiger partial charge in [0.1, 0.15) is 0 Å². The topological polar surface area (TPSA) is 50.8 Å². The van der Waals surface area contributed by atoms with Gasteiger partial charge >= 0.3 is 6.03 Å². The maximum absolute atomic E-state index is 12.6. The van der Waals surface area contributed by atoms with Gasteiger partial charge in [-0.25, -0.2) is 4.79 Å². The number of urea groups is 1. The van der Waals surface area contributed by atoms with Gasteiger partial charge in [0.2, 0.25) is 0 Å². The normalized spacial score (nSPS) is 20.2. The van der Waals surface area contributed by atoms with Crippen molar-refractivity contribution < 1.29 is 14.3 Å². The second-order valence-corrected chi connectivity index (χ2v) is 9.17. The second-order valence-electron chi connectivity index (χ2n) is 9.17. The molecule has 172 valence electrons. The Labute approximate surface area is 192 Å². The Balaban J connectivity index is 1.15. The van der Waals surface area contributed by atoms with Crippen LogP contribution in [0.5, 0.6) is 0 Å². The third-order valence-electron chi connectivity index (χ3n) is 6.87. The fraction of sp³-hybridized carbons (Fsp3) is 0.519. The van der Waals surface area contributed by atoms with Crippen molar-refractivity contribution in [3.05, 3.63) is 71.8 Å². The van der Waals surface area contributed by atoms with E-state index >= 15 is 0 Å². The van der Waals surface area contributed by atoms with Crippen LogP contribution in [-0.4, -0.2) is 49.4 Å². The van der Waals surface area contributed by atoms with E-state index in [1.54, 1.807) is 0 Å². The van der Waals surface area contributed by atoms with E-state index in [1.807, 2.05) is 29.2 Å². The van der Waals surface area contributed by atoms with Crippen LogP contribution in [0.4, 0.5) is 4.79 Å². The quantitative estimate of drug-likeness (QED) is 0.605. The molecule has 2 aliphatic heterocycles. The van der Waals surface area contributed by atoms with Gasteiger partial charge < -0.3 is 19.7 Å². The van der Waals surface area contributed by atoms with Gasteiger partial charge in [0.25, 0.3) is 0 Å². The minimum absolute atomic E-state index is 0.0524. The van der Waals surface area contributed by atoms with E-state index in [2.05, 4.69) is 41.7 Å². The van der Waals surface area contributed by atoms with Gasteiger partial charge in [-0.2, -0.15) is 0 Å². The molecule has 2 saturated heterocycles. The highest BCUT2D eigenvalue weighted by Crippen LogP contribution is 2.38. The summed E-state index contributed by atoms with van der Waals surface area (Å²) in [7, 11) is 0. The minimum atomic E-state index is -0.0524. The average molecular weight is 437 g/mol. The number of carbonyl (C=O) groups excluding carboxylic acids is 1. The summed E-state index contributed by atoms with van der Waals surface area (Å²) in [4.78, 5) is 14.5. The van der Waals surface area contributed by atoms with Crippen LogP contribution < -0.4 is 5.32 Å². The van der Waals surface area contributed by atoms with E-state index in [4.69, 9.17) is 9.47 Å². The van der Waals surface area contributed by atoms with Crippen LogP contribution in [0.25, 0.3) is 0 Å². The molecule has 1 spiro atoms. The standard InChI is InChI=1S/C27H36N2O3/c30-26(28-16-11-23-7-3-1-4-8-23)29-17-14-27(15-18-29)21-24(13-20-32-27)12-19-31-22-25-9-5-2-6-10-25/h1-10,24H,11-22H2,(H,28,30). The van der Waals surface area contributed by atoms with Crippen molar-refractivity contribution in [1.82, 2.24) is 10.2 Å². The second kappa shape index (κ2) is 11.5. The van der Waals surface area contributed by atoms with Crippen molar-refractivity contribution in [2.45, 2.75) is 50.7 Å². The Hall–Kier alpha value is -2.37. The maximum atomic E-state index is 12.6. The van der Waals surface area contributed by atoms with E-state index in [-0.39, 0.29) is 11.6 Å². The molecule has 0 aliphatic carbocycles. The van der Waals surface area contributed by atoms with Crippen LogP contribution in [-0.2, 0) is 22.5 Å². The smallest absolute Gasteiger partial charge is 0.317 e. The molecule has 2 fully saturated rings. The van der Waals surface area contributed by atoms with Gasteiger partial charge in [-0.15, -0.1) is 0 Å². The first kappa shape index (κ1) is 22.8. The summed E-state index contributed by atoms with van der Waals surface area (Å²) >= 11 is 0. The first-order valence-corrected chi connectivity index (χ1v) is 12.0. The Kier molecular flexibility index (Phi) is 8.18. The van der Waals surface area contributed by atoms with Crippen LogP contribution in [0.1, 0.15) is 43.2 Å². The lowest BCUT2D eigenvalue weighted by molar-refractivity contribution is -0.125.